The fraction of sp³-hybridized carbons (Fsp3) is 0.333. The fourth-order valence-corrected chi connectivity index (χ4v) is 4.17. The number of amides is 2. The van der Waals surface area contributed by atoms with Crippen LogP contribution in [0.25, 0.3) is 17.1 Å². The van der Waals surface area contributed by atoms with E-state index in [0.717, 1.165) is 24.1 Å². The van der Waals surface area contributed by atoms with Crippen molar-refractivity contribution >= 4 is 11.8 Å². The monoisotopic (exact) mass is 431 g/mol. The third-order valence-electron chi connectivity index (χ3n) is 5.91. The molecule has 164 valence electrons. The van der Waals surface area contributed by atoms with Gasteiger partial charge in [-0.3, -0.25) is 9.59 Å². The normalized spacial score (nSPS) is 18.7. The van der Waals surface area contributed by atoms with Crippen LogP contribution >= 0.6 is 0 Å². The topological polar surface area (TPSA) is 80.6 Å². The molecule has 0 bridgehead atoms. The average Bonchev–Trinajstić information content (AvgIpc) is 3.55. The van der Waals surface area contributed by atoms with Crippen molar-refractivity contribution in [3.63, 3.8) is 0 Å². The van der Waals surface area contributed by atoms with E-state index >= 15 is 0 Å². The van der Waals surface area contributed by atoms with E-state index in [2.05, 4.69) is 10.1 Å². The number of benzene rings is 2. The maximum atomic E-state index is 13.2. The molecule has 32 heavy (non-hydrogen) atoms. The zero-order chi connectivity index (χ0) is 21.9. The summed E-state index contributed by atoms with van der Waals surface area (Å²) in [7, 11) is 0. The van der Waals surface area contributed by atoms with E-state index in [1.54, 1.807) is 14.5 Å². The van der Waals surface area contributed by atoms with Crippen molar-refractivity contribution in [3.8, 4) is 17.1 Å². The van der Waals surface area contributed by atoms with Gasteiger partial charge in [-0.05, 0) is 25.0 Å². The van der Waals surface area contributed by atoms with Gasteiger partial charge in [-0.25, -0.2) is 9.67 Å². The summed E-state index contributed by atoms with van der Waals surface area (Å²) in [5, 5.41) is 4.56. The first-order chi connectivity index (χ1) is 15.7. The van der Waals surface area contributed by atoms with Gasteiger partial charge in [0.2, 0.25) is 5.82 Å². The van der Waals surface area contributed by atoms with Gasteiger partial charge < -0.3 is 14.5 Å². The zero-order valence-corrected chi connectivity index (χ0v) is 17.8. The second-order valence-electron chi connectivity index (χ2n) is 7.99. The van der Waals surface area contributed by atoms with Crippen LogP contribution < -0.4 is 0 Å². The maximum Gasteiger partial charge on any atom is 0.293 e. The molecule has 1 aromatic heterocycles. The van der Waals surface area contributed by atoms with Crippen molar-refractivity contribution in [2.75, 3.05) is 32.8 Å². The molecule has 2 amide bonds. The fourth-order valence-electron chi connectivity index (χ4n) is 4.17. The Hall–Kier alpha value is -3.52. The molecule has 5 rings (SSSR count). The number of nitrogens with zero attached hydrogens (tertiary/aromatic N) is 5. The summed E-state index contributed by atoms with van der Waals surface area (Å²) >= 11 is 0. The molecule has 2 aromatic carbocycles. The summed E-state index contributed by atoms with van der Waals surface area (Å²) in [5.74, 6) is 0.590. The number of carbonyl (C=O) groups is 2. The molecule has 0 N–H and O–H groups in total. The first-order valence-electron chi connectivity index (χ1n) is 11.0. The Labute approximate surface area is 186 Å². The lowest BCUT2D eigenvalue weighted by Crippen LogP contribution is -2.53. The van der Waals surface area contributed by atoms with Gasteiger partial charge in [-0.1, -0.05) is 48.5 Å². The molecule has 8 nitrogen and oxygen atoms in total. The Kier molecular flexibility index (Phi) is 5.68. The van der Waals surface area contributed by atoms with E-state index in [-0.39, 0.29) is 23.7 Å². The zero-order valence-electron chi connectivity index (χ0n) is 17.8. The molecule has 3 aromatic rings. The van der Waals surface area contributed by atoms with E-state index in [1.165, 1.54) is 0 Å². The summed E-state index contributed by atoms with van der Waals surface area (Å²) in [4.78, 5) is 33.9. The van der Waals surface area contributed by atoms with Crippen molar-refractivity contribution in [1.29, 1.82) is 0 Å². The summed E-state index contributed by atoms with van der Waals surface area (Å²) in [6.45, 7) is 2.55. The largest absolute Gasteiger partial charge is 0.368 e. The SMILES string of the molecule is O=C(c1nc(-c2ccccc2)n(-c2ccccc2)n1)N1CCN(C(=O)C2CCCO2)CC1. The van der Waals surface area contributed by atoms with Crippen LogP contribution in [-0.2, 0) is 9.53 Å². The molecule has 2 aliphatic heterocycles. The number of carbonyl (C=O) groups excluding carboxylic acids is 2. The van der Waals surface area contributed by atoms with E-state index in [9.17, 15) is 9.59 Å². The van der Waals surface area contributed by atoms with Crippen LogP contribution in [0.2, 0.25) is 0 Å². The standard InChI is InChI=1S/C24H25N5O3/c30-23(20-12-7-17-32-20)27-13-15-28(16-14-27)24(31)21-25-22(18-8-3-1-4-9-18)29(26-21)19-10-5-2-6-11-19/h1-6,8-11,20H,7,12-17H2. The summed E-state index contributed by atoms with van der Waals surface area (Å²) in [6.07, 6.45) is 1.38. The van der Waals surface area contributed by atoms with Crippen molar-refractivity contribution in [1.82, 2.24) is 24.6 Å². The van der Waals surface area contributed by atoms with Crippen LogP contribution in [0.3, 0.4) is 0 Å². The van der Waals surface area contributed by atoms with Crippen LogP contribution in [0.15, 0.2) is 60.7 Å². The lowest BCUT2D eigenvalue weighted by atomic mass is 10.2. The molecule has 0 spiro atoms. The second-order valence-corrected chi connectivity index (χ2v) is 7.99. The number of ether oxygens (including phenoxy) is 1. The third kappa shape index (κ3) is 4.01. The number of aromatic nitrogens is 3. The Morgan fingerprint density at radius 1 is 0.875 bits per heavy atom. The van der Waals surface area contributed by atoms with Gasteiger partial charge in [0.25, 0.3) is 11.8 Å². The van der Waals surface area contributed by atoms with E-state index in [0.29, 0.717) is 38.6 Å². The molecule has 8 heteroatoms. The average molecular weight is 431 g/mol. The van der Waals surface area contributed by atoms with E-state index in [4.69, 9.17) is 4.74 Å². The molecular weight excluding hydrogens is 406 g/mol. The lowest BCUT2D eigenvalue weighted by Gasteiger charge is -2.35. The molecule has 0 radical (unpaired) electrons. The minimum atomic E-state index is -0.325. The summed E-state index contributed by atoms with van der Waals surface area (Å²) < 4.78 is 7.23. The van der Waals surface area contributed by atoms with E-state index < -0.39 is 0 Å². The highest BCUT2D eigenvalue weighted by molar-refractivity contribution is 5.91. The second kappa shape index (κ2) is 8.92. The minimum Gasteiger partial charge on any atom is -0.368 e. The van der Waals surface area contributed by atoms with Gasteiger partial charge in [0, 0.05) is 38.3 Å². The van der Waals surface area contributed by atoms with E-state index in [1.807, 2.05) is 60.7 Å². The molecule has 2 fully saturated rings. The lowest BCUT2D eigenvalue weighted by molar-refractivity contribution is -0.142. The molecule has 1 atom stereocenters. The third-order valence-corrected chi connectivity index (χ3v) is 5.91. The minimum absolute atomic E-state index is 0.0347. The van der Waals surface area contributed by atoms with Crippen LogP contribution in [0.4, 0.5) is 0 Å². The van der Waals surface area contributed by atoms with Gasteiger partial charge >= 0.3 is 0 Å². The Morgan fingerprint density at radius 2 is 1.53 bits per heavy atom. The molecule has 3 heterocycles. The van der Waals surface area contributed by atoms with Crippen LogP contribution in [0.1, 0.15) is 23.5 Å². The van der Waals surface area contributed by atoms with Crippen molar-refractivity contribution < 1.29 is 14.3 Å². The molecular formula is C24H25N5O3. The van der Waals surface area contributed by atoms with Crippen molar-refractivity contribution in [2.45, 2.75) is 18.9 Å². The smallest absolute Gasteiger partial charge is 0.293 e. The van der Waals surface area contributed by atoms with Crippen LogP contribution in [0.5, 0.6) is 0 Å². The van der Waals surface area contributed by atoms with Gasteiger partial charge in [0.1, 0.15) is 6.10 Å². The number of rotatable bonds is 4. The highest BCUT2D eigenvalue weighted by atomic mass is 16.5. The number of hydrogen-bond donors (Lipinski definition) is 0. The molecule has 1 unspecified atom stereocenters. The Bertz CT molecular complexity index is 1030. The van der Waals surface area contributed by atoms with Gasteiger partial charge in [-0.15, -0.1) is 5.10 Å². The van der Waals surface area contributed by atoms with Crippen LogP contribution in [0, 0.1) is 0 Å². The molecule has 0 saturated carbocycles. The Balaban J connectivity index is 1.35. The summed E-state index contributed by atoms with van der Waals surface area (Å²) in [6, 6.07) is 19.4. The van der Waals surface area contributed by atoms with Crippen molar-refractivity contribution in [3.05, 3.63) is 66.5 Å². The van der Waals surface area contributed by atoms with Crippen LogP contribution in [-0.4, -0.2) is 75.3 Å². The quantitative estimate of drug-likeness (QED) is 0.634. The molecule has 0 aliphatic carbocycles. The molecule has 2 saturated heterocycles. The number of piperazine rings is 1. The first kappa shape index (κ1) is 20.4. The number of para-hydroxylation sites is 1. The predicted molar refractivity (Wildman–Crippen MR) is 118 cm³/mol. The van der Waals surface area contributed by atoms with Crippen molar-refractivity contribution in [2.24, 2.45) is 0 Å². The molecule has 2 aliphatic rings. The maximum absolute atomic E-state index is 13.2. The van der Waals surface area contributed by atoms with Gasteiger partial charge in [-0.2, -0.15) is 0 Å². The Morgan fingerprint density at radius 3 is 2.19 bits per heavy atom. The van der Waals surface area contributed by atoms with Gasteiger partial charge in [0.05, 0.1) is 5.69 Å². The van der Waals surface area contributed by atoms with Gasteiger partial charge in [0.15, 0.2) is 5.82 Å². The number of hydrogen-bond acceptors (Lipinski definition) is 5. The highest BCUT2D eigenvalue weighted by Gasteiger charge is 2.32. The predicted octanol–water partition coefficient (Wildman–Crippen LogP) is 2.40. The first-order valence-corrected chi connectivity index (χ1v) is 11.0. The summed E-state index contributed by atoms with van der Waals surface area (Å²) in [5.41, 5.74) is 1.72. The highest BCUT2D eigenvalue weighted by Crippen LogP contribution is 2.22.